The summed E-state index contributed by atoms with van der Waals surface area (Å²) in [5.74, 6) is 0.843. The van der Waals surface area contributed by atoms with Gasteiger partial charge < -0.3 is 10.1 Å². The quantitative estimate of drug-likeness (QED) is 0.551. The summed E-state index contributed by atoms with van der Waals surface area (Å²) >= 11 is 7.50. The molecule has 1 amide bonds. The van der Waals surface area contributed by atoms with E-state index in [1.165, 1.54) is 11.8 Å². The molecule has 0 spiro atoms. The van der Waals surface area contributed by atoms with Crippen LogP contribution in [0.3, 0.4) is 0 Å². The number of nitrogens with one attached hydrogen (secondary N) is 1. The van der Waals surface area contributed by atoms with Gasteiger partial charge in [0.25, 0.3) is 0 Å². The average Bonchev–Trinajstić information content (AvgIpc) is 3.41. The summed E-state index contributed by atoms with van der Waals surface area (Å²) in [5, 5.41) is 13.0. The molecule has 7 nitrogen and oxygen atoms in total. The van der Waals surface area contributed by atoms with Crippen molar-refractivity contribution >= 4 is 35.0 Å². The largest absolute Gasteiger partial charge is 0.376 e. The minimum Gasteiger partial charge on any atom is -0.376 e. The van der Waals surface area contributed by atoms with E-state index in [1.54, 1.807) is 18.5 Å². The third-order valence-corrected chi connectivity index (χ3v) is 6.32. The van der Waals surface area contributed by atoms with E-state index in [2.05, 4.69) is 20.5 Å². The van der Waals surface area contributed by atoms with E-state index >= 15 is 0 Å². The van der Waals surface area contributed by atoms with Crippen LogP contribution in [0.25, 0.3) is 11.4 Å². The number of ether oxygens (including phenoxy) is 1. The van der Waals surface area contributed by atoms with Crippen LogP contribution in [-0.4, -0.2) is 44.1 Å². The Hall–Kier alpha value is -2.42. The molecule has 0 saturated carbocycles. The second-order valence-electron chi connectivity index (χ2n) is 7.04. The molecule has 3 aromatic rings. The molecule has 0 aliphatic carbocycles. The number of nitrogens with zero attached hydrogens (tertiary/aromatic N) is 4. The molecule has 1 N–H and O–H groups in total. The van der Waals surface area contributed by atoms with Crippen molar-refractivity contribution in [2.45, 2.75) is 37.6 Å². The maximum Gasteiger partial charge on any atom is 0.234 e. The minimum absolute atomic E-state index is 0.123. The number of halogens is 1. The maximum atomic E-state index is 12.5. The van der Waals surface area contributed by atoms with E-state index in [0.717, 1.165) is 36.4 Å². The molecule has 1 atom stereocenters. The van der Waals surface area contributed by atoms with Gasteiger partial charge in [-0.05, 0) is 49.6 Å². The minimum atomic E-state index is -0.123. The highest BCUT2D eigenvalue weighted by atomic mass is 35.5. The van der Waals surface area contributed by atoms with Crippen LogP contribution >= 0.6 is 23.4 Å². The first-order chi connectivity index (χ1) is 14.6. The molecule has 0 bridgehead atoms. The zero-order valence-corrected chi connectivity index (χ0v) is 18.1. The number of anilines is 1. The van der Waals surface area contributed by atoms with E-state index in [9.17, 15) is 4.79 Å². The van der Waals surface area contributed by atoms with E-state index in [1.807, 2.05) is 35.8 Å². The molecule has 3 heterocycles. The molecule has 1 aromatic carbocycles. The van der Waals surface area contributed by atoms with Crippen LogP contribution in [0, 0.1) is 6.92 Å². The van der Waals surface area contributed by atoms with Crippen LogP contribution in [0.5, 0.6) is 0 Å². The summed E-state index contributed by atoms with van der Waals surface area (Å²) in [6, 6.07) is 9.26. The number of benzene rings is 1. The van der Waals surface area contributed by atoms with Gasteiger partial charge in [-0.25, -0.2) is 0 Å². The SMILES string of the molecule is Cc1c(Cl)cccc1NC(=O)CSc1nnc(-c2ccncc2)n1CC1CCCO1. The zero-order chi connectivity index (χ0) is 20.9. The molecule has 4 rings (SSSR count). The van der Waals surface area contributed by atoms with Gasteiger partial charge >= 0.3 is 0 Å². The van der Waals surface area contributed by atoms with Gasteiger partial charge in [-0.3, -0.25) is 14.3 Å². The maximum absolute atomic E-state index is 12.5. The summed E-state index contributed by atoms with van der Waals surface area (Å²) < 4.78 is 7.85. The van der Waals surface area contributed by atoms with Crippen molar-refractivity contribution in [3.8, 4) is 11.4 Å². The summed E-state index contributed by atoms with van der Waals surface area (Å²) in [6.45, 7) is 3.31. The molecule has 1 aliphatic rings. The molecule has 156 valence electrons. The third-order valence-electron chi connectivity index (χ3n) is 4.94. The molecule has 0 radical (unpaired) electrons. The second-order valence-corrected chi connectivity index (χ2v) is 8.39. The fourth-order valence-corrected chi connectivity index (χ4v) is 4.25. The lowest BCUT2D eigenvalue weighted by atomic mass is 10.2. The van der Waals surface area contributed by atoms with Crippen molar-refractivity contribution in [1.29, 1.82) is 0 Å². The van der Waals surface area contributed by atoms with Crippen molar-refractivity contribution in [3.05, 3.63) is 53.3 Å². The van der Waals surface area contributed by atoms with Crippen LogP contribution in [0.15, 0.2) is 47.9 Å². The number of hydrogen-bond acceptors (Lipinski definition) is 6. The summed E-state index contributed by atoms with van der Waals surface area (Å²) in [5.41, 5.74) is 2.49. The van der Waals surface area contributed by atoms with Crippen molar-refractivity contribution < 1.29 is 9.53 Å². The van der Waals surface area contributed by atoms with Gasteiger partial charge in [-0.2, -0.15) is 0 Å². The van der Waals surface area contributed by atoms with E-state index in [-0.39, 0.29) is 17.8 Å². The molecule has 1 unspecified atom stereocenters. The predicted molar refractivity (Wildman–Crippen MR) is 118 cm³/mol. The van der Waals surface area contributed by atoms with Gasteiger partial charge in [-0.1, -0.05) is 29.4 Å². The van der Waals surface area contributed by atoms with E-state index < -0.39 is 0 Å². The van der Waals surface area contributed by atoms with Gasteiger partial charge in [0, 0.05) is 35.3 Å². The second kappa shape index (κ2) is 9.59. The highest BCUT2D eigenvalue weighted by Crippen LogP contribution is 2.27. The van der Waals surface area contributed by atoms with Gasteiger partial charge in [-0.15, -0.1) is 10.2 Å². The number of thioether (sulfide) groups is 1. The first kappa shape index (κ1) is 20.8. The number of carbonyl (C=O) groups is 1. The molecule has 1 saturated heterocycles. The first-order valence-electron chi connectivity index (χ1n) is 9.75. The van der Waals surface area contributed by atoms with Crippen LogP contribution in [0.2, 0.25) is 5.02 Å². The molecule has 1 aliphatic heterocycles. The average molecular weight is 444 g/mol. The lowest BCUT2D eigenvalue weighted by molar-refractivity contribution is -0.113. The Labute approximate surface area is 184 Å². The first-order valence-corrected chi connectivity index (χ1v) is 11.1. The van der Waals surface area contributed by atoms with Crippen molar-refractivity contribution in [1.82, 2.24) is 19.7 Å². The standard InChI is InChI=1S/C21H22ClN5O2S/c1-14-17(22)5-2-6-18(14)24-19(28)13-30-21-26-25-20(15-7-9-23-10-8-15)27(21)12-16-4-3-11-29-16/h2,5-10,16H,3-4,11-13H2,1H3,(H,24,28). The van der Waals surface area contributed by atoms with E-state index in [0.29, 0.717) is 22.4 Å². The smallest absolute Gasteiger partial charge is 0.234 e. The Morgan fingerprint density at radius 3 is 2.90 bits per heavy atom. The lowest BCUT2D eigenvalue weighted by Gasteiger charge is -2.15. The summed E-state index contributed by atoms with van der Waals surface area (Å²) in [4.78, 5) is 16.6. The van der Waals surface area contributed by atoms with Gasteiger partial charge in [0.1, 0.15) is 0 Å². The molecule has 1 fully saturated rings. The van der Waals surface area contributed by atoms with Gasteiger partial charge in [0.15, 0.2) is 11.0 Å². The number of aromatic nitrogens is 4. The van der Waals surface area contributed by atoms with Crippen LogP contribution in [-0.2, 0) is 16.1 Å². The van der Waals surface area contributed by atoms with Crippen LogP contribution < -0.4 is 5.32 Å². The Bertz CT molecular complexity index is 1020. The number of hydrogen-bond donors (Lipinski definition) is 1. The predicted octanol–water partition coefficient (Wildman–Crippen LogP) is 4.21. The van der Waals surface area contributed by atoms with Crippen LogP contribution in [0.1, 0.15) is 18.4 Å². The fraction of sp³-hybridized carbons (Fsp3) is 0.333. The Morgan fingerprint density at radius 2 is 2.13 bits per heavy atom. The Morgan fingerprint density at radius 1 is 1.30 bits per heavy atom. The van der Waals surface area contributed by atoms with Gasteiger partial charge in [0.05, 0.1) is 18.4 Å². The number of carbonyl (C=O) groups excluding carboxylic acids is 1. The molecular weight excluding hydrogens is 422 g/mol. The van der Waals surface area contributed by atoms with Gasteiger partial charge in [0.2, 0.25) is 5.91 Å². The number of amides is 1. The Balaban J connectivity index is 1.49. The summed E-state index contributed by atoms with van der Waals surface area (Å²) in [6.07, 6.45) is 5.65. The highest BCUT2D eigenvalue weighted by Gasteiger charge is 2.22. The van der Waals surface area contributed by atoms with Crippen LogP contribution in [0.4, 0.5) is 5.69 Å². The van der Waals surface area contributed by atoms with Crippen molar-refractivity contribution in [2.75, 3.05) is 17.7 Å². The normalized spacial score (nSPS) is 16.0. The fourth-order valence-electron chi connectivity index (χ4n) is 3.33. The Kier molecular flexibility index (Phi) is 6.66. The molecule has 9 heteroatoms. The highest BCUT2D eigenvalue weighted by molar-refractivity contribution is 7.99. The van der Waals surface area contributed by atoms with Crippen molar-refractivity contribution in [3.63, 3.8) is 0 Å². The number of rotatable bonds is 7. The summed E-state index contributed by atoms with van der Waals surface area (Å²) in [7, 11) is 0. The monoisotopic (exact) mass is 443 g/mol. The third kappa shape index (κ3) is 4.83. The number of pyridine rings is 1. The molecular formula is C21H22ClN5O2S. The van der Waals surface area contributed by atoms with Crippen molar-refractivity contribution in [2.24, 2.45) is 0 Å². The lowest BCUT2D eigenvalue weighted by Crippen LogP contribution is -2.18. The molecule has 30 heavy (non-hydrogen) atoms. The molecule has 2 aromatic heterocycles. The zero-order valence-electron chi connectivity index (χ0n) is 16.5. The topological polar surface area (TPSA) is 81.9 Å². The van der Waals surface area contributed by atoms with E-state index in [4.69, 9.17) is 16.3 Å².